The quantitative estimate of drug-likeness (QED) is 0.879. The average molecular weight is 368 g/mol. The van der Waals surface area contributed by atoms with Crippen LogP contribution in [0.2, 0.25) is 0 Å². The summed E-state index contributed by atoms with van der Waals surface area (Å²) in [5, 5.41) is 2.99. The van der Waals surface area contributed by atoms with Gasteiger partial charge in [0.15, 0.2) is 0 Å². The Balaban J connectivity index is 1.80. The SMILES string of the molecule is COc1ccc(OC)c(N2CC(C(=O)Nc3c(C)cccc3C)CC2=O)c1. The Labute approximate surface area is 159 Å². The van der Waals surface area contributed by atoms with E-state index < -0.39 is 5.92 Å². The number of hydrogen-bond acceptors (Lipinski definition) is 4. The minimum absolute atomic E-state index is 0.108. The van der Waals surface area contributed by atoms with E-state index in [9.17, 15) is 9.59 Å². The molecular formula is C21H24N2O4. The van der Waals surface area contributed by atoms with Gasteiger partial charge in [0.2, 0.25) is 11.8 Å². The summed E-state index contributed by atoms with van der Waals surface area (Å²) in [7, 11) is 3.12. The summed E-state index contributed by atoms with van der Waals surface area (Å²) in [4.78, 5) is 27.0. The first-order valence-corrected chi connectivity index (χ1v) is 8.84. The normalized spacial score (nSPS) is 16.4. The van der Waals surface area contributed by atoms with Crippen LogP contribution in [0.1, 0.15) is 17.5 Å². The molecule has 1 aliphatic rings. The van der Waals surface area contributed by atoms with Crippen LogP contribution in [-0.4, -0.2) is 32.6 Å². The number of para-hydroxylation sites is 1. The van der Waals surface area contributed by atoms with Crippen molar-refractivity contribution in [2.24, 2.45) is 5.92 Å². The van der Waals surface area contributed by atoms with Crippen LogP contribution in [0.3, 0.4) is 0 Å². The van der Waals surface area contributed by atoms with Gasteiger partial charge in [0.1, 0.15) is 11.5 Å². The zero-order chi connectivity index (χ0) is 19.6. The van der Waals surface area contributed by atoms with Gasteiger partial charge < -0.3 is 19.7 Å². The highest BCUT2D eigenvalue weighted by atomic mass is 16.5. The molecule has 27 heavy (non-hydrogen) atoms. The Morgan fingerprint density at radius 3 is 2.44 bits per heavy atom. The minimum atomic E-state index is -0.424. The van der Waals surface area contributed by atoms with Crippen molar-refractivity contribution in [3.63, 3.8) is 0 Å². The zero-order valence-corrected chi connectivity index (χ0v) is 16.0. The van der Waals surface area contributed by atoms with Gasteiger partial charge in [-0.3, -0.25) is 9.59 Å². The highest BCUT2D eigenvalue weighted by molar-refractivity contribution is 6.04. The van der Waals surface area contributed by atoms with Gasteiger partial charge in [-0.15, -0.1) is 0 Å². The maximum Gasteiger partial charge on any atom is 0.229 e. The van der Waals surface area contributed by atoms with E-state index in [-0.39, 0.29) is 18.2 Å². The van der Waals surface area contributed by atoms with Gasteiger partial charge in [-0.2, -0.15) is 0 Å². The molecular weight excluding hydrogens is 344 g/mol. The second-order valence-electron chi connectivity index (χ2n) is 6.70. The number of nitrogens with zero attached hydrogens (tertiary/aromatic N) is 1. The van der Waals surface area contributed by atoms with Gasteiger partial charge in [-0.05, 0) is 37.1 Å². The zero-order valence-electron chi connectivity index (χ0n) is 16.0. The number of methoxy groups -OCH3 is 2. The molecule has 2 aromatic rings. The van der Waals surface area contributed by atoms with Crippen molar-refractivity contribution in [1.82, 2.24) is 0 Å². The summed E-state index contributed by atoms with van der Waals surface area (Å²) in [6.45, 7) is 4.21. The molecule has 6 nitrogen and oxygen atoms in total. The fraction of sp³-hybridized carbons (Fsp3) is 0.333. The van der Waals surface area contributed by atoms with Crippen LogP contribution in [0.15, 0.2) is 36.4 Å². The summed E-state index contributed by atoms with van der Waals surface area (Å²) >= 11 is 0. The second kappa shape index (κ2) is 7.70. The maximum atomic E-state index is 12.8. The monoisotopic (exact) mass is 368 g/mol. The van der Waals surface area contributed by atoms with E-state index in [1.807, 2.05) is 32.0 Å². The van der Waals surface area contributed by atoms with Crippen LogP contribution in [0.5, 0.6) is 11.5 Å². The number of amides is 2. The lowest BCUT2D eigenvalue weighted by molar-refractivity contribution is -0.122. The fourth-order valence-electron chi connectivity index (χ4n) is 3.36. The molecule has 0 spiro atoms. The third-order valence-corrected chi connectivity index (χ3v) is 4.90. The number of carbonyl (C=O) groups is 2. The van der Waals surface area contributed by atoms with E-state index in [2.05, 4.69) is 5.32 Å². The predicted molar refractivity (Wildman–Crippen MR) is 105 cm³/mol. The Morgan fingerprint density at radius 1 is 1.11 bits per heavy atom. The van der Waals surface area contributed by atoms with Crippen molar-refractivity contribution in [1.29, 1.82) is 0 Å². The first kappa shape index (κ1) is 18.8. The summed E-state index contributed by atoms with van der Waals surface area (Å²) < 4.78 is 10.6. The molecule has 1 heterocycles. The summed E-state index contributed by atoms with van der Waals surface area (Å²) in [6.07, 6.45) is 0.164. The molecule has 1 saturated heterocycles. The van der Waals surface area contributed by atoms with Crippen molar-refractivity contribution in [3.05, 3.63) is 47.5 Å². The number of hydrogen-bond donors (Lipinski definition) is 1. The molecule has 142 valence electrons. The number of ether oxygens (including phenoxy) is 2. The summed E-state index contributed by atoms with van der Waals surface area (Å²) in [5.74, 6) is 0.516. The van der Waals surface area contributed by atoms with Crippen LogP contribution < -0.4 is 19.7 Å². The van der Waals surface area contributed by atoms with E-state index in [1.165, 1.54) is 0 Å². The van der Waals surface area contributed by atoms with Crippen molar-refractivity contribution >= 4 is 23.2 Å². The van der Waals surface area contributed by atoms with E-state index in [0.717, 1.165) is 16.8 Å². The molecule has 2 amide bonds. The maximum absolute atomic E-state index is 12.8. The smallest absolute Gasteiger partial charge is 0.229 e. The molecule has 3 rings (SSSR count). The number of carbonyl (C=O) groups excluding carboxylic acids is 2. The minimum Gasteiger partial charge on any atom is -0.497 e. The largest absolute Gasteiger partial charge is 0.497 e. The van der Waals surface area contributed by atoms with Crippen LogP contribution in [0.25, 0.3) is 0 Å². The second-order valence-corrected chi connectivity index (χ2v) is 6.70. The third kappa shape index (κ3) is 3.74. The molecule has 0 radical (unpaired) electrons. The van der Waals surface area contributed by atoms with Gasteiger partial charge in [-0.1, -0.05) is 18.2 Å². The fourth-order valence-corrected chi connectivity index (χ4v) is 3.36. The molecule has 0 aliphatic carbocycles. The lowest BCUT2D eigenvalue weighted by atomic mass is 10.1. The van der Waals surface area contributed by atoms with Gasteiger partial charge >= 0.3 is 0 Å². The summed E-state index contributed by atoms with van der Waals surface area (Å²) in [6, 6.07) is 11.1. The van der Waals surface area contributed by atoms with Gasteiger partial charge in [0.25, 0.3) is 0 Å². The van der Waals surface area contributed by atoms with Crippen molar-refractivity contribution in [2.45, 2.75) is 20.3 Å². The number of benzene rings is 2. The molecule has 1 unspecified atom stereocenters. The standard InChI is InChI=1S/C21H24N2O4/c1-13-6-5-7-14(2)20(13)22-21(25)15-10-19(24)23(12-15)17-11-16(26-3)8-9-18(17)27-4/h5-9,11,15H,10,12H2,1-4H3,(H,22,25). The van der Waals surface area contributed by atoms with E-state index >= 15 is 0 Å². The molecule has 1 N–H and O–H groups in total. The Bertz CT molecular complexity index is 858. The molecule has 2 aromatic carbocycles. The molecule has 1 fully saturated rings. The Kier molecular flexibility index (Phi) is 5.35. The first-order valence-electron chi connectivity index (χ1n) is 8.84. The molecule has 0 saturated carbocycles. The third-order valence-electron chi connectivity index (χ3n) is 4.90. The number of nitrogens with one attached hydrogen (secondary N) is 1. The molecule has 0 aromatic heterocycles. The van der Waals surface area contributed by atoms with Crippen molar-refractivity contribution in [3.8, 4) is 11.5 Å². The molecule has 1 aliphatic heterocycles. The highest BCUT2D eigenvalue weighted by Crippen LogP contribution is 2.36. The number of rotatable bonds is 5. The van der Waals surface area contributed by atoms with E-state index in [0.29, 0.717) is 23.7 Å². The van der Waals surface area contributed by atoms with Gasteiger partial charge in [0, 0.05) is 24.7 Å². The van der Waals surface area contributed by atoms with Crippen molar-refractivity contribution < 1.29 is 19.1 Å². The molecule has 0 bridgehead atoms. The average Bonchev–Trinajstić information content (AvgIpc) is 3.05. The number of anilines is 2. The molecule has 1 atom stereocenters. The van der Waals surface area contributed by atoms with Crippen LogP contribution in [0.4, 0.5) is 11.4 Å². The Morgan fingerprint density at radius 2 is 1.81 bits per heavy atom. The lowest BCUT2D eigenvalue weighted by Gasteiger charge is -2.20. The van der Waals surface area contributed by atoms with Gasteiger partial charge in [-0.25, -0.2) is 0 Å². The molecule has 6 heteroatoms. The van der Waals surface area contributed by atoms with Gasteiger partial charge in [0.05, 0.1) is 25.8 Å². The highest BCUT2D eigenvalue weighted by Gasteiger charge is 2.36. The first-order chi connectivity index (χ1) is 12.9. The van der Waals surface area contributed by atoms with E-state index in [1.54, 1.807) is 37.3 Å². The predicted octanol–water partition coefficient (Wildman–Crippen LogP) is 3.31. The van der Waals surface area contributed by atoms with Crippen molar-refractivity contribution in [2.75, 3.05) is 31.0 Å². The summed E-state index contributed by atoms with van der Waals surface area (Å²) in [5.41, 5.74) is 3.43. The van der Waals surface area contributed by atoms with Crippen LogP contribution in [0, 0.1) is 19.8 Å². The van der Waals surface area contributed by atoms with E-state index in [4.69, 9.17) is 9.47 Å². The Hall–Kier alpha value is -3.02. The topological polar surface area (TPSA) is 67.9 Å². The number of aryl methyl sites for hydroxylation is 2. The lowest BCUT2D eigenvalue weighted by Crippen LogP contribution is -2.28. The van der Waals surface area contributed by atoms with Crippen LogP contribution in [-0.2, 0) is 9.59 Å². The van der Waals surface area contributed by atoms with Crippen LogP contribution >= 0.6 is 0 Å².